The molecule has 0 aliphatic rings. The minimum atomic E-state index is -0.235. The van der Waals surface area contributed by atoms with Gasteiger partial charge in [-0.1, -0.05) is 37.3 Å². The normalized spacial score (nSPS) is 9.93. The van der Waals surface area contributed by atoms with Crippen molar-refractivity contribution in [3.8, 4) is 0 Å². The molecular weight excluding hydrogens is 188 g/mol. The Morgan fingerprint density at radius 1 is 1.00 bits per heavy atom. The predicted octanol–water partition coefficient (Wildman–Crippen LogP) is 2.56. The van der Waals surface area contributed by atoms with E-state index in [4.69, 9.17) is 0 Å². The highest BCUT2D eigenvalue weighted by molar-refractivity contribution is 6.37. The SMILES string of the molecule is CCCC(=O)C(=O)CCc1ccccc1. The quantitative estimate of drug-likeness (QED) is 0.667. The van der Waals surface area contributed by atoms with Gasteiger partial charge in [0.05, 0.1) is 0 Å². The largest absolute Gasteiger partial charge is 0.291 e. The molecule has 0 spiro atoms. The fourth-order valence-corrected chi connectivity index (χ4v) is 1.41. The molecule has 0 aliphatic carbocycles. The van der Waals surface area contributed by atoms with Gasteiger partial charge in [0, 0.05) is 12.8 Å². The second-order valence-corrected chi connectivity index (χ2v) is 3.58. The summed E-state index contributed by atoms with van der Waals surface area (Å²) in [5.74, 6) is -0.464. The van der Waals surface area contributed by atoms with Crippen LogP contribution in [0.1, 0.15) is 31.7 Å². The summed E-state index contributed by atoms with van der Waals surface area (Å²) >= 11 is 0. The van der Waals surface area contributed by atoms with E-state index in [1.807, 2.05) is 37.3 Å². The van der Waals surface area contributed by atoms with Crippen LogP contribution in [0.5, 0.6) is 0 Å². The smallest absolute Gasteiger partial charge is 0.198 e. The number of rotatable bonds is 6. The summed E-state index contributed by atoms with van der Waals surface area (Å²) in [7, 11) is 0. The lowest BCUT2D eigenvalue weighted by Gasteiger charge is -1.99. The number of hydrogen-bond acceptors (Lipinski definition) is 2. The minimum Gasteiger partial charge on any atom is -0.291 e. The van der Waals surface area contributed by atoms with Crippen molar-refractivity contribution in [1.29, 1.82) is 0 Å². The van der Waals surface area contributed by atoms with Crippen LogP contribution in [0.4, 0.5) is 0 Å². The zero-order valence-corrected chi connectivity index (χ0v) is 9.03. The highest BCUT2D eigenvalue weighted by Gasteiger charge is 2.11. The Hall–Kier alpha value is -1.44. The first-order valence-corrected chi connectivity index (χ1v) is 5.34. The molecule has 0 bridgehead atoms. The van der Waals surface area contributed by atoms with Crippen LogP contribution < -0.4 is 0 Å². The molecule has 0 saturated heterocycles. The van der Waals surface area contributed by atoms with E-state index in [1.54, 1.807) is 0 Å². The number of Topliss-reactive ketones (excluding diaryl/α,β-unsaturated/α-hetero) is 2. The zero-order valence-electron chi connectivity index (χ0n) is 9.03. The van der Waals surface area contributed by atoms with Crippen molar-refractivity contribution in [3.05, 3.63) is 35.9 Å². The van der Waals surface area contributed by atoms with E-state index < -0.39 is 0 Å². The molecule has 1 aromatic carbocycles. The van der Waals surface area contributed by atoms with Crippen LogP contribution in [-0.4, -0.2) is 11.6 Å². The van der Waals surface area contributed by atoms with Crippen LogP contribution >= 0.6 is 0 Å². The summed E-state index contributed by atoms with van der Waals surface area (Å²) in [4.78, 5) is 22.6. The summed E-state index contributed by atoms with van der Waals surface area (Å²) in [5.41, 5.74) is 1.11. The van der Waals surface area contributed by atoms with Gasteiger partial charge in [0.2, 0.25) is 0 Å². The number of ketones is 2. The van der Waals surface area contributed by atoms with Gasteiger partial charge in [-0.3, -0.25) is 9.59 Å². The summed E-state index contributed by atoms with van der Waals surface area (Å²) in [5, 5.41) is 0. The summed E-state index contributed by atoms with van der Waals surface area (Å²) in [6.07, 6.45) is 2.13. The molecule has 0 unspecified atom stereocenters. The number of carbonyl (C=O) groups excluding carboxylic acids is 2. The fraction of sp³-hybridized carbons (Fsp3) is 0.385. The Morgan fingerprint density at radius 3 is 2.20 bits per heavy atom. The van der Waals surface area contributed by atoms with Gasteiger partial charge in [-0.25, -0.2) is 0 Å². The number of benzene rings is 1. The maximum atomic E-state index is 11.4. The molecule has 0 heterocycles. The van der Waals surface area contributed by atoms with Gasteiger partial charge in [-0.15, -0.1) is 0 Å². The topological polar surface area (TPSA) is 34.1 Å². The summed E-state index contributed by atoms with van der Waals surface area (Å²) < 4.78 is 0. The Labute approximate surface area is 90.3 Å². The number of aryl methyl sites for hydroxylation is 1. The third kappa shape index (κ3) is 4.07. The summed E-state index contributed by atoms with van der Waals surface area (Å²) in [6.45, 7) is 1.91. The molecule has 0 saturated carbocycles. The third-order valence-electron chi connectivity index (χ3n) is 2.27. The van der Waals surface area contributed by atoms with Gasteiger partial charge < -0.3 is 0 Å². The monoisotopic (exact) mass is 204 g/mol. The molecule has 2 nitrogen and oxygen atoms in total. The van der Waals surface area contributed by atoms with Crippen LogP contribution in [-0.2, 0) is 16.0 Å². The van der Waals surface area contributed by atoms with Gasteiger partial charge in [-0.05, 0) is 18.4 Å². The molecule has 0 atom stereocenters. The Balaban J connectivity index is 2.38. The molecule has 1 rings (SSSR count). The Bertz CT molecular complexity index is 328. The van der Waals surface area contributed by atoms with E-state index >= 15 is 0 Å². The number of carbonyl (C=O) groups is 2. The van der Waals surface area contributed by atoms with Crippen molar-refractivity contribution in [3.63, 3.8) is 0 Å². The maximum absolute atomic E-state index is 11.4. The van der Waals surface area contributed by atoms with Crippen LogP contribution in [0.25, 0.3) is 0 Å². The molecule has 0 radical (unpaired) electrons. The van der Waals surface area contributed by atoms with Gasteiger partial charge >= 0.3 is 0 Å². The first-order chi connectivity index (χ1) is 7.24. The lowest BCUT2D eigenvalue weighted by molar-refractivity contribution is -0.136. The van der Waals surface area contributed by atoms with E-state index in [1.165, 1.54) is 0 Å². The third-order valence-corrected chi connectivity index (χ3v) is 2.27. The molecule has 0 fully saturated rings. The van der Waals surface area contributed by atoms with Crippen molar-refractivity contribution in [2.24, 2.45) is 0 Å². The lowest BCUT2D eigenvalue weighted by Crippen LogP contribution is -2.13. The Morgan fingerprint density at radius 2 is 1.60 bits per heavy atom. The second kappa shape index (κ2) is 6.12. The molecule has 0 aromatic heterocycles. The first kappa shape index (κ1) is 11.6. The average Bonchev–Trinajstić information content (AvgIpc) is 2.27. The standard InChI is InChI=1S/C13H16O2/c1-2-6-12(14)13(15)10-9-11-7-4-3-5-8-11/h3-5,7-8H,2,6,9-10H2,1H3. The fourth-order valence-electron chi connectivity index (χ4n) is 1.41. The maximum Gasteiger partial charge on any atom is 0.198 e. The molecule has 1 aromatic rings. The second-order valence-electron chi connectivity index (χ2n) is 3.58. The van der Waals surface area contributed by atoms with E-state index in [2.05, 4.69) is 0 Å². The average molecular weight is 204 g/mol. The van der Waals surface area contributed by atoms with E-state index in [-0.39, 0.29) is 11.6 Å². The molecule has 80 valence electrons. The highest BCUT2D eigenvalue weighted by atomic mass is 16.2. The van der Waals surface area contributed by atoms with Gasteiger partial charge in [0.15, 0.2) is 11.6 Å². The zero-order chi connectivity index (χ0) is 11.1. The Kier molecular flexibility index (Phi) is 4.75. The van der Waals surface area contributed by atoms with Crippen molar-refractivity contribution in [2.45, 2.75) is 32.6 Å². The molecule has 15 heavy (non-hydrogen) atoms. The molecule has 0 amide bonds. The minimum absolute atomic E-state index is 0.228. The van der Waals surface area contributed by atoms with E-state index in [9.17, 15) is 9.59 Å². The van der Waals surface area contributed by atoms with E-state index in [0.29, 0.717) is 19.3 Å². The van der Waals surface area contributed by atoms with Crippen LogP contribution in [0.15, 0.2) is 30.3 Å². The van der Waals surface area contributed by atoms with Crippen molar-refractivity contribution < 1.29 is 9.59 Å². The van der Waals surface area contributed by atoms with E-state index in [0.717, 1.165) is 12.0 Å². The number of hydrogen-bond donors (Lipinski definition) is 0. The van der Waals surface area contributed by atoms with Crippen LogP contribution in [0.3, 0.4) is 0 Å². The first-order valence-electron chi connectivity index (χ1n) is 5.34. The van der Waals surface area contributed by atoms with Crippen molar-refractivity contribution in [1.82, 2.24) is 0 Å². The molecule has 0 N–H and O–H groups in total. The van der Waals surface area contributed by atoms with Gasteiger partial charge in [0.1, 0.15) is 0 Å². The predicted molar refractivity (Wildman–Crippen MR) is 59.7 cm³/mol. The molecule has 2 heteroatoms. The van der Waals surface area contributed by atoms with Crippen molar-refractivity contribution >= 4 is 11.6 Å². The van der Waals surface area contributed by atoms with Crippen LogP contribution in [0, 0.1) is 0 Å². The van der Waals surface area contributed by atoms with Gasteiger partial charge in [-0.2, -0.15) is 0 Å². The molecular formula is C13H16O2. The summed E-state index contributed by atoms with van der Waals surface area (Å²) in [6, 6.07) is 9.75. The molecule has 0 aliphatic heterocycles. The van der Waals surface area contributed by atoms with Crippen molar-refractivity contribution in [2.75, 3.05) is 0 Å². The lowest BCUT2D eigenvalue weighted by atomic mass is 10.0. The highest BCUT2D eigenvalue weighted by Crippen LogP contribution is 2.04. The van der Waals surface area contributed by atoms with Gasteiger partial charge in [0.25, 0.3) is 0 Å². The van der Waals surface area contributed by atoms with Crippen LogP contribution in [0.2, 0.25) is 0 Å².